The molecular weight excluding hydrogens is 414 g/mol. The van der Waals surface area contributed by atoms with Crippen molar-refractivity contribution in [3.8, 4) is 11.1 Å². The summed E-state index contributed by atoms with van der Waals surface area (Å²) in [5.41, 5.74) is 5.11. The Morgan fingerprint density at radius 3 is 2.73 bits per heavy atom. The number of ether oxygens (including phenoxy) is 2. The number of nitrogens with zero attached hydrogens (tertiary/aromatic N) is 1. The van der Waals surface area contributed by atoms with Gasteiger partial charge in [0.1, 0.15) is 6.61 Å². The summed E-state index contributed by atoms with van der Waals surface area (Å²) >= 11 is 0. The maximum absolute atomic E-state index is 12.4. The zero-order valence-electron chi connectivity index (χ0n) is 19.8. The molecule has 1 aliphatic rings. The van der Waals surface area contributed by atoms with Gasteiger partial charge < -0.3 is 14.4 Å². The summed E-state index contributed by atoms with van der Waals surface area (Å²) in [6, 6.07) is 17.1. The van der Waals surface area contributed by atoms with Crippen LogP contribution in [0.2, 0.25) is 0 Å². The highest BCUT2D eigenvalue weighted by atomic mass is 16.6. The number of carbonyl (C=O) groups excluding carboxylic acids is 2. The van der Waals surface area contributed by atoms with Crippen molar-refractivity contribution in [2.24, 2.45) is 0 Å². The molecule has 1 saturated heterocycles. The standard InChI is InChI=1S/C28H35NO4/c1-3-33-28(31)21-32-20-8-7-19-29-25(17-18-27(29)30)15-9-13-23-14-10-16-26(22(23)2)24-11-5-4-6-12-24/h4-6,9-12,14-16,25H,3,7-8,13,17-21H2,1-2H3/b15-9+/t25-/m0/s1. The van der Waals surface area contributed by atoms with Crippen LogP contribution in [-0.2, 0) is 25.5 Å². The van der Waals surface area contributed by atoms with Gasteiger partial charge in [0.15, 0.2) is 0 Å². The van der Waals surface area contributed by atoms with E-state index in [0.29, 0.717) is 19.6 Å². The van der Waals surface area contributed by atoms with E-state index in [2.05, 4.69) is 61.5 Å². The van der Waals surface area contributed by atoms with Crippen molar-refractivity contribution in [3.63, 3.8) is 0 Å². The van der Waals surface area contributed by atoms with E-state index in [1.165, 1.54) is 22.3 Å². The van der Waals surface area contributed by atoms with Crippen LogP contribution >= 0.6 is 0 Å². The molecule has 1 fully saturated rings. The van der Waals surface area contributed by atoms with Crippen LogP contribution in [0.4, 0.5) is 0 Å². The molecule has 2 aromatic rings. The van der Waals surface area contributed by atoms with Gasteiger partial charge in [0, 0.05) is 19.6 Å². The average Bonchev–Trinajstić information content (AvgIpc) is 3.17. The molecule has 0 spiro atoms. The maximum atomic E-state index is 12.4. The molecule has 33 heavy (non-hydrogen) atoms. The molecule has 176 valence electrons. The lowest BCUT2D eigenvalue weighted by molar-refractivity contribution is -0.148. The van der Waals surface area contributed by atoms with Crippen LogP contribution in [-0.4, -0.2) is 49.2 Å². The van der Waals surface area contributed by atoms with Crippen LogP contribution in [0.15, 0.2) is 60.7 Å². The maximum Gasteiger partial charge on any atom is 0.332 e. The SMILES string of the molecule is CCOC(=O)COCCCCN1C(=O)CC[C@@H]1/C=C/Cc1cccc(-c2ccccc2)c1C. The van der Waals surface area contributed by atoms with Gasteiger partial charge in [-0.1, -0.05) is 60.7 Å². The van der Waals surface area contributed by atoms with Crippen molar-refractivity contribution in [1.82, 2.24) is 4.90 Å². The summed E-state index contributed by atoms with van der Waals surface area (Å²) in [6.07, 6.45) is 8.40. The van der Waals surface area contributed by atoms with Crippen LogP contribution in [0.25, 0.3) is 11.1 Å². The molecule has 0 radical (unpaired) electrons. The molecule has 1 heterocycles. The second kappa shape index (κ2) is 12.9. The quantitative estimate of drug-likeness (QED) is 0.257. The molecule has 0 saturated carbocycles. The minimum Gasteiger partial charge on any atom is -0.464 e. The summed E-state index contributed by atoms with van der Waals surface area (Å²) in [5.74, 6) is -0.110. The number of carbonyl (C=O) groups is 2. The first kappa shape index (κ1) is 24.7. The second-order valence-corrected chi connectivity index (χ2v) is 8.35. The zero-order chi connectivity index (χ0) is 23.5. The first-order chi connectivity index (χ1) is 16.1. The molecule has 5 heteroatoms. The molecule has 1 aliphatic heterocycles. The lowest BCUT2D eigenvalue weighted by Gasteiger charge is -2.22. The minimum atomic E-state index is -0.332. The van der Waals surface area contributed by atoms with Crippen LogP contribution < -0.4 is 0 Å². The number of hydrogen-bond donors (Lipinski definition) is 0. The van der Waals surface area contributed by atoms with Crippen LogP contribution in [0.5, 0.6) is 0 Å². The van der Waals surface area contributed by atoms with Gasteiger partial charge in [0.2, 0.25) is 5.91 Å². The topological polar surface area (TPSA) is 55.8 Å². The van der Waals surface area contributed by atoms with Gasteiger partial charge in [-0.2, -0.15) is 0 Å². The number of esters is 1. The van der Waals surface area contributed by atoms with E-state index in [-0.39, 0.29) is 24.5 Å². The molecule has 2 aromatic carbocycles. The molecule has 5 nitrogen and oxygen atoms in total. The largest absolute Gasteiger partial charge is 0.464 e. The van der Waals surface area contributed by atoms with Crippen molar-refractivity contribution >= 4 is 11.9 Å². The Balaban J connectivity index is 1.48. The van der Waals surface area contributed by atoms with E-state index >= 15 is 0 Å². The Morgan fingerprint density at radius 1 is 1.12 bits per heavy atom. The Bertz CT molecular complexity index is 938. The summed E-state index contributed by atoms with van der Waals surface area (Å²) in [6.45, 7) is 5.54. The van der Waals surface area contributed by atoms with E-state index < -0.39 is 0 Å². The highest BCUT2D eigenvalue weighted by Gasteiger charge is 2.28. The third-order valence-electron chi connectivity index (χ3n) is 6.06. The molecule has 0 aromatic heterocycles. The van der Waals surface area contributed by atoms with Gasteiger partial charge in [-0.05, 0) is 61.8 Å². The van der Waals surface area contributed by atoms with Gasteiger partial charge in [-0.3, -0.25) is 4.79 Å². The predicted molar refractivity (Wildman–Crippen MR) is 131 cm³/mol. The number of allylic oxidation sites excluding steroid dienone is 1. The fraction of sp³-hybridized carbons (Fsp3) is 0.429. The number of unbranched alkanes of at least 4 members (excludes halogenated alkanes) is 1. The zero-order valence-corrected chi connectivity index (χ0v) is 19.8. The first-order valence-corrected chi connectivity index (χ1v) is 11.9. The number of rotatable bonds is 12. The van der Waals surface area contributed by atoms with E-state index in [0.717, 1.165) is 32.2 Å². The first-order valence-electron chi connectivity index (χ1n) is 11.9. The molecule has 0 bridgehead atoms. The van der Waals surface area contributed by atoms with Crippen molar-refractivity contribution in [2.75, 3.05) is 26.4 Å². The van der Waals surface area contributed by atoms with Crippen molar-refractivity contribution in [2.45, 2.75) is 52.0 Å². The monoisotopic (exact) mass is 449 g/mol. The number of likely N-dealkylation sites (tertiary alicyclic amines) is 1. The fourth-order valence-electron chi connectivity index (χ4n) is 4.28. The molecular formula is C28H35NO4. The molecule has 1 atom stereocenters. The summed E-state index contributed by atoms with van der Waals surface area (Å²) in [4.78, 5) is 25.6. The molecule has 1 amide bonds. The molecule has 0 N–H and O–H groups in total. The van der Waals surface area contributed by atoms with Gasteiger partial charge in [-0.25, -0.2) is 4.79 Å². The highest BCUT2D eigenvalue weighted by Crippen LogP contribution is 2.26. The van der Waals surface area contributed by atoms with Gasteiger partial charge in [0.25, 0.3) is 0 Å². The summed E-state index contributed by atoms with van der Waals surface area (Å²) < 4.78 is 10.2. The minimum absolute atomic E-state index is 0.00721. The third-order valence-corrected chi connectivity index (χ3v) is 6.06. The van der Waals surface area contributed by atoms with Crippen molar-refractivity contribution in [1.29, 1.82) is 0 Å². The lowest BCUT2D eigenvalue weighted by Crippen LogP contribution is -2.32. The van der Waals surface area contributed by atoms with Gasteiger partial charge in [-0.15, -0.1) is 0 Å². The lowest BCUT2D eigenvalue weighted by atomic mass is 9.95. The molecule has 3 rings (SSSR count). The van der Waals surface area contributed by atoms with Crippen LogP contribution in [0.1, 0.15) is 43.7 Å². The second-order valence-electron chi connectivity index (χ2n) is 8.35. The molecule has 0 aliphatic carbocycles. The Hall–Kier alpha value is -2.92. The Labute approximate surface area is 197 Å². The van der Waals surface area contributed by atoms with Crippen molar-refractivity contribution < 1.29 is 19.1 Å². The Morgan fingerprint density at radius 2 is 1.94 bits per heavy atom. The summed E-state index contributed by atoms with van der Waals surface area (Å²) in [7, 11) is 0. The van der Waals surface area contributed by atoms with Crippen LogP contribution in [0.3, 0.4) is 0 Å². The fourth-order valence-corrected chi connectivity index (χ4v) is 4.28. The van der Waals surface area contributed by atoms with Crippen LogP contribution in [0, 0.1) is 6.92 Å². The summed E-state index contributed by atoms with van der Waals surface area (Å²) in [5, 5.41) is 0. The normalized spacial score (nSPS) is 16.0. The van der Waals surface area contributed by atoms with Crippen molar-refractivity contribution in [3.05, 3.63) is 71.8 Å². The Kier molecular flexibility index (Phi) is 9.70. The smallest absolute Gasteiger partial charge is 0.332 e. The van der Waals surface area contributed by atoms with E-state index in [1.54, 1.807) is 6.92 Å². The van der Waals surface area contributed by atoms with Gasteiger partial charge in [0.05, 0.1) is 12.6 Å². The van der Waals surface area contributed by atoms with E-state index in [1.807, 2.05) is 11.0 Å². The van der Waals surface area contributed by atoms with Gasteiger partial charge >= 0.3 is 5.97 Å². The van der Waals surface area contributed by atoms with E-state index in [9.17, 15) is 9.59 Å². The predicted octanol–water partition coefficient (Wildman–Crippen LogP) is 5.11. The molecule has 0 unspecified atom stereocenters. The average molecular weight is 450 g/mol. The number of hydrogen-bond acceptors (Lipinski definition) is 4. The highest BCUT2D eigenvalue weighted by molar-refractivity contribution is 5.79. The number of amides is 1. The third kappa shape index (κ3) is 7.29. The number of benzene rings is 2. The van der Waals surface area contributed by atoms with E-state index in [4.69, 9.17) is 9.47 Å².